The fraction of sp³-hybridized carbons (Fsp3) is 0.217. The molecule has 8 nitrogen and oxygen atoms in total. The molecule has 1 N–H and O–H groups in total. The smallest absolute Gasteiger partial charge is 0.242 e. The van der Waals surface area contributed by atoms with E-state index in [4.69, 9.17) is 23.7 Å². The lowest BCUT2D eigenvalue weighted by molar-refractivity contribution is -0.104. The van der Waals surface area contributed by atoms with E-state index in [0.29, 0.717) is 45.4 Å². The number of methoxy groups -OCH3 is 5. The predicted octanol–water partition coefficient (Wildman–Crippen LogP) is 3.77. The fourth-order valence-electron chi connectivity index (χ4n) is 3.43. The Balaban J connectivity index is 2.31. The molecule has 162 valence electrons. The number of carbonyl (C=O) groups excluding carboxylic acids is 2. The summed E-state index contributed by atoms with van der Waals surface area (Å²) < 4.78 is 27.0. The Morgan fingerprint density at radius 1 is 0.774 bits per heavy atom. The summed E-state index contributed by atoms with van der Waals surface area (Å²) >= 11 is 0. The Morgan fingerprint density at radius 2 is 1.35 bits per heavy atom. The maximum Gasteiger partial charge on any atom is 0.242 e. The molecule has 1 aromatic heterocycles. The summed E-state index contributed by atoms with van der Waals surface area (Å²) in [7, 11) is 7.61. The summed E-state index contributed by atoms with van der Waals surface area (Å²) in [5.74, 6) is 1.66. The van der Waals surface area contributed by atoms with Crippen LogP contribution in [0.3, 0.4) is 0 Å². The summed E-state index contributed by atoms with van der Waals surface area (Å²) in [4.78, 5) is 26.6. The Morgan fingerprint density at radius 3 is 1.87 bits per heavy atom. The van der Waals surface area contributed by atoms with E-state index in [1.165, 1.54) is 21.3 Å². The maximum atomic E-state index is 12.4. The number of ether oxygens (including phenoxy) is 5. The summed E-state index contributed by atoms with van der Waals surface area (Å²) in [6, 6.07) is 8.83. The van der Waals surface area contributed by atoms with Gasteiger partial charge in [-0.15, -0.1) is 0 Å². The first-order chi connectivity index (χ1) is 15.0. The van der Waals surface area contributed by atoms with Crippen molar-refractivity contribution < 1.29 is 33.3 Å². The molecule has 2 aromatic carbocycles. The third kappa shape index (κ3) is 3.92. The largest absolute Gasteiger partial charge is 0.493 e. The van der Waals surface area contributed by atoms with Crippen LogP contribution in [0.4, 0.5) is 0 Å². The summed E-state index contributed by atoms with van der Waals surface area (Å²) in [5.41, 5.74) is 2.70. The van der Waals surface area contributed by atoms with Gasteiger partial charge in [-0.1, -0.05) is 6.07 Å². The van der Waals surface area contributed by atoms with Crippen LogP contribution in [-0.4, -0.2) is 52.6 Å². The molecule has 8 heteroatoms. The van der Waals surface area contributed by atoms with Crippen molar-refractivity contribution in [2.75, 3.05) is 35.5 Å². The number of rotatable bonds is 9. The highest BCUT2D eigenvalue weighted by molar-refractivity contribution is 6.34. The van der Waals surface area contributed by atoms with Gasteiger partial charge >= 0.3 is 0 Å². The number of aromatic nitrogens is 1. The number of hydrogen-bond donors (Lipinski definition) is 1. The first-order valence-electron chi connectivity index (χ1n) is 9.26. The lowest BCUT2D eigenvalue weighted by Gasteiger charge is -2.15. The van der Waals surface area contributed by atoms with Gasteiger partial charge in [0, 0.05) is 17.3 Å². The lowest BCUT2D eigenvalue weighted by atomic mass is 9.94. The minimum absolute atomic E-state index is 0.147. The van der Waals surface area contributed by atoms with Gasteiger partial charge in [0.2, 0.25) is 11.5 Å². The van der Waals surface area contributed by atoms with Crippen molar-refractivity contribution in [3.05, 3.63) is 42.2 Å². The average molecular weight is 425 g/mol. The molecule has 0 aliphatic heterocycles. The highest BCUT2D eigenvalue weighted by atomic mass is 16.5. The van der Waals surface area contributed by atoms with Gasteiger partial charge in [-0.05, 0) is 35.4 Å². The molecule has 3 rings (SSSR count). The van der Waals surface area contributed by atoms with E-state index in [-0.39, 0.29) is 12.0 Å². The van der Waals surface area contributed by atoms with Gasteiger partial charge in [0.05, 0.1) is 41.2 Å². The Hall–Kier alpha value is -3.94. The van der Waals surface area contributed by atoms with Gasteiger partial charge in [0.15, 0.2) is 29.3 Å². The SMILES string of the molecule is COc1ccc(-c2c[nH]c(C(=O)C=O)c2-c2cc(OC)c(OC)c(OC)c2)cc1OC. The van der Waals surface area contributed by atoms with Crippen molar-refractivity contribution in [1.29, 1.82) is 0 Å². The van der Waals surface area contributed by atoms with Crippen molar-refractivity contribution in [3.8, 4) is 51.0 Å². The molecule has 0 saturated carbocycles. The van der Waals surface area contributed by atoms with Crippen molar-refractivity contribution >= 4 is 12.1 Å². The molecule has 0 unspecified atom stereocenters. The molecule has 0 amide bonds. The first-order valence-corrected chi connectivity index (χ1v) is 9.26. The zero-order valence-electron chi connectivity index (χ0n) is 17.9. The molecule has 0 bridgehead atoms. The summed E-state index contributed by atoms with van der Waals surface area (Å²) in [5, 5.41) is 0. The molecule has 0 aliphatic rings. The van der Waals surface area contributed by atoms with E-state index >= 15 is 0 Å². The molecule has 31 heavy (non-hydrogen) atoms. The van der Waals surface area contributed by atoms with E-state index in [1.807, 2.05) is 6.07 Å². The number of hydrogen-bond acceptors (Lipinski definition) is 7. The second-order valence-electron chi connectivity index (χ2n) is 6.42. The monoisotopic (exact) mass is 425 g/mol. The van der Waals surface area contributed by atoms with Crippen LogP contribution >= 0.6 is 0 Å². The van der Waals surface area contributed by atoms with E-state index in [2.05, 4.69) is 4.98 Å². The molecular weight excluding hydrogens is 402 g/mol. The Labute approximate surface area is 179 Å². The Kier molecular flexibility index (Phi) is 6.49. The van der Waals surface area contributed by atoms with E-state index in [9.17, 15) is 9.59 Å². The van der Waals surface area contributed by atoms with Crippen molar-refractivity contribution in [3.63, 3.8) is 0 Å². The number of aromatic amines is 1. The number of H-pyrrole nitrogens is 1. The molecular formula is C23H23NO7. The van der Waals surface area contributed by atoms with Crippen LogP contribution < -0.4 is 23.7 Å². The predicted molar refractivity (Wildman–Crippen MR) is 115 cm³/mol. The maximum absolute atomic E-state index is 12.4. The van der Waals surface area contributed by atoms with Crippen molar-refractivity contribution in [2.45, 2.75) is 0 Å². The Bertz CT molecular complexity index is 1090. The van der Waals surface area contributed by atoms with Gasteiger partial charge in [-0.3, -0.25) is 9.59 Å². The van der Waals surface area contributed by atoms with Gasteiger partial charge in [-0.2, -0.15) is 0 Å². The van der Waals surface area contributed by atoms with Crippen LogP contribution in [0, 0.1) is 0 Å². The molecule has 1 heterocycles. The number of carbonyl (C=O) groups is 2. The standard InChI is InChI=1S/C23H23NO7/c1-27-17-7-6-13(8-18(17)28-2)15-11-24-22(16(26)12-25)21(15)14-9-19(29-3)23(31-5)20(10-14)30-4/h6-12,24H,1-5H3. The van der Waals surface area contributed by atoms with Crippen LogP contribution in [0.5, 0.6) is 28.7 Å². The minimum Gasteiger partial charge on any atom is -0.493 e. The van der Waals surface area contributed by atoms with Crippen LogP contribution in [0.15, 0.2) is 36.5 Å². The lowest BCUT2D eigenvalue weighted by Crippen LogP contribution is -2.03. The zero-order chi connectivity index (χ0) is 22.5. The second kappa shape index (κ2) is 9.25. The van der Waals surface area contributed by atoms with Crippen molar-refractivity contribution in [1.82, 2.24) is 4.98 Å². The van der Waals surface area contributed by atoms with Crippen LogP contribution in [-0.2, 0) is 4.79 Å². The molecule has 0 radical (unpaired) electrons. The number of Topliss-reactive ketones (excluding diaryl/α,β-unsaturated/α-hetero) is 1. The molecule has 0 fully saturated rings. The molecule has 0 atom stereocenters. The average Bonchev–Trinajstić information content (AvgIpc) is 3.27. The van der Waals surface area contributed by atoms with Crippen molar-refractivity contribution in [2.24, 2.45) is 0 Å². The van der Waals surface area contributed by atoms with Gasteiger partial charge < -0.3 is 28.7 Å². The van der Waals surface area contributed by atoms with Crippen LogP contribution in [0.1, 0.15) is 10.5 Å². The summed E-state index contributed by atoms with van der Waals surface area (Å²) in [6.07, 6.45) is 1.93. The topological polar surface area (TPSA) is 96.1 Å². The first kappa shape index (κ1) is 21.8. The van der Waals surface area contributed by atoms with Gasteiger partial charge in [-0.25, -0.2) is 0 Å². The van der Waals surface area contributed by atoms with Gasteiger partial charge in [0.25, 0.3) is 0 Å². The van der Waals surface area contributed by atoms with Gasteiger partial charge in [0.1, 0.15) is 0 Å². The molecule has 0 saturated heterocycles. The number of ketones is 1. The van der Waals surface area contributed by atoms with E-state index < -0.39 is 5.78 Å². The van der Waals surface area contributed by atoms with Crippen LogP contribution in [0.25, 0.3) is 22.3 Å². The second-order valence-corrected chi connectivity index (χ2v) is 6.42. The van der Waals surface area contributed by atoms with Crippen LogP contribution in [0.2, 0.25) is 0 Å². The highest BCUT2D eigenvalue weighted by Crippen LogP contribution is 2.45. The molecule has 0 aliphatic carbocycles. The normalized spacial score (nSPS) is 10.4. The van der Waals surface area contributed by atoms with E-state index in [1.54, 1.807) is 44.7 Å². The number of nitrogens with one attached hydrogen (secondary N) is 1. The minimum atomic E-state index is -0.685. The quantitative estimate of drug-likeness (QED) is 0.317. The molecule has 0 spiro atoms. The number of aldehydes is 1. The zero-order valence-corrected chi connectivity index (χ0v) is 17.9. The third-order valence-corrected chi connectivity index (χ3v) is 4.88. The number of benzene rings is 2. The molecule has 3 aromatic rings. The fourth-order valence-corrected chi connectivity index (χ4v) is 3.43. The highest BCUT2D eigenvalue weighted by Gasteiger charge is 2.23. The third-order valence-electron chi connectivity index (χ3n) is 4.88. The summed E-state index contributed by atoms with van der Waals surface area (Å²) in [6.45, 7) is 0. The van der Waals surface area contributed by atoms with E-state index in [0.717, 1.165) is 5.56 Å².